The summed E-state index contributed by atoms with van der Waals surface area (Å²) in [6.07, 6.45) is 6.33. The van der Waals surface area contributed by atoms with Gasteiger partial charge in [-0.15, -0.1) is 0 Å². The molecule has 0 bridgehead atoms. The zero-order valence-electron chi connectivity index (χ0n) is 24.6. The fraction of sp³-hybridized carbons (Fsp3) is 0.0500. The molecule has 0 atom stereocenters. The summed E-state index contributed by atoms with van der Waals surface area (Å²) in [6, 6.07) is 44.8. The summed E-state index contributed by atoms with van der Waals surface area (Å²) in [4.78, 5) is 10.5. The monoisotopic (exact) mass is 566 g/mol. The van der Waals surface area contributed by atoms with E-state index >= 15 is 0 Å². The Morgan fingerprint density at radius 3 is 1.70 bits per heavy atom. The maximum absolute atomic E-state index is 5.28. The highest BCUT2D eigenvalue weighted by molar-refractivity contribution is 6.13. The van der Waals surface area contributed by atoms with Crippen LogP contribution >= 0.6 is 0 Å². The van der Waals surface area contributed by atoms with Gasteiger partial charge in [0.25, 0.3) is 0 Å². The normalized spacial score (nSPS) is 12.4. The van der Waals surface area contributed by atoms with Gasteiger partial charge < -0.3 is 4.57 Å². The molecule has 8 aromatic rings. The van der Waals surface area contributed by atoms with Gasteiger partial charge in [0.05, 0.1) is 27.6 Å². The number of benzene rings is 5. The van der Waals surface area contributed by atoms with Crippen molar-refractivity contribution in [2.24, 2.45) is 0 Å². The molecule has 0 fully saturated rings. The molecule has 0 saturated carbocycles. The van der Waals surface area contributed by atoms with E-state index in [1.54, 1.807) is 0 Å². The largest absolute Gasteiger partial charge is 0.309 e. The molecule has 0 aliphatic carbocycles. The second-order valence-electron chi connectivity index (χ2n) is 10.9. The van der Waals surface area contributed by atoms with Gasteiger partial charge in [0, 0.05) is 33.1 Å². The predicted octanol–water partition coefficient (Wildman–Crippen LogP) is 10.3. The molecule has 0 radical (unpaired) electrons. The van der Waals surface area contributed by atoms with Crippen LogP contribution in [0.2, 0.25) is 0 Å². The Morgan fingerprint density at radius 1 is 0.545 bits per heavy atom. The number of hydrogen-bond acceptors (Lipinski definition) is 2. The van der Waals surface area contributed by atoms with Crippen molar-refractivity contribution in [3.05, 3.63) is 151 Å². The van der Waals surface area contributed by atoms with E-state index in [2.05, 4.69) is 156 Å². The van der Waals surface area contributed by atoms with Crippen LogP contribution in [-0.4, -0.2) is 19.1 Å². The third-order valence-corrected chi connectivity index (χ3v) is 8.42. The fourth-order valence-corrected chi connectivity index (χ4v) is 6.48. The van der Waals surface area contributed by atoms with E-state index in [1.807, 2.05) is 13.0 Å². The van der Waals surface area contributed by atoms with Crippen LogP contribution in [0.3, 0.4) is 0 Å². The van der Waals surface area contributed by atoms with Crippen LogP contribution in [-0.2, 0) is 0 Å². The minimum Gasteiger partial charge on any atom is -0.309 e. The van der Waals surface area contributed by atoms with Crippen LogP contribution < -0.4 is 0 Å². The first kappa shape index (κ1) is 25.9. The standard InChI is InChI=1S/C40H30N4/c1-3-14-27(4-2)38-37-33-19-10-13-22-36(33)44(29-15-6-5-7-16-29)40(37)42-39(41-38)28-23-25-30(26-24-28)43-34-20-11-8-17-31(34)32-18-9-12-21-35(32)43/h3-26H,1-2H3/b14-3-,27-4+. The van der Waals surface area contributed by atoms with E-state index in [4.69, 9.17) is 9.97 Å². The highest BCUT2D eigenvalue weighted by Crippen LogP contribution is 2.37. The van der Waals surface area contributed by atoms with Gasteiger partial charge >= 0.3 is 0 Å². The molecule has 210 valence electrons. The van der Waals surface area contributed by atoms with Crippen LogP contribution in [0.15, 0.2) is 146 Å². The van der Waals surface area contributed by atoms with Crippen molar-refractivity contribution in [3.8, 4) is 22.8 Å². The number of aromatic nitrogens is 4. The molecule has 8 rings (SSSR count). The fourth-order valence-electron chi connectivity index (χ4n) is 6.48. The van der Waals surface area contributed by atoms with Gasteiger partial charge in [-0.2, -0.15) is 0 Å². The van der Waals surface area contributed by atoms with Gasteiger partial charge in [-0.25, -0.2) is 9.97 Å². The minimum absolute atomic E-state index is 0.699. The van der Waals surface area contributed by atoms with Crippen LogP contribution in [0.5, 0.6) is 0 Å². The maximum atomic E-state index is 5.28. The van der Waals surface area contributed by atoms with Gasteiger partial charge in [0.1, 0.15) is 5.65 Å². The quantitative estimate of drug-likeness (QED) is 0.194. The van der Waals surface area contributed by atoms with E-state index < -0.39 is 0 Å². The SMILES string of the molecule is C/C=C\C(=C/C)c1nc(-c2ccc(-n3c4ccccc4c4ccccc43)cc2)nc2c1c1ccccc1n2-c1ccccc1. The Labute approximate surface area is 255 Å². The van der Waals surface area contributed by atoms with Gasteiger partial charge in [0.2, 0.25) is 0 Å². The van der Waals surface area contributed by atoms with Crippen LogP contribution in [0.4, 0.5) is 0 Å². The molecular formula is C40H30N4. The molecule has 0 N–H and O–H groups in total. The first-order valence-corrected chi connectivity index (χ1v) is 15.0. The second-order valence-corrected chi connectivity index (χ2v) is 10.9. The average Bonchev–Trinajstić information content (AvgIpc) is 3.60. The average molecular weight is 567 g/mol. The number of allylic oxidation sites excluding steroid dienone is 4. The molecule has 5 aromatic carbocycles. The summed E-state index contributed by atoms with van der Waals surface area (Å²) in [5.74, 6) is 0.699. The lowest BCUT2D eigenvalue weighted by atomic mass is 10.0. The lowest BCUT2D eigenvalue weighted by Gasteiger charge is -2.12. The Balaban J connectivity index is 1.37. The third-order valence-electron chi connectivity index (χ3n) is 8.42. The zero-order chi connectivity index (χ0) is 29.6. The summed E-state index contributed by atoms with van der Waals surface area (Å²) in [5, 5.41) is 4.70. The Morgan fingerprint density at radius 2 is 1.09 bits per heavy atom. The van der Waals surface area contributed by atoms with E-state index in [-0.39, 0.29) is 0 Å². The Bertz CT molecular complexity index is 2330. The number of rotatable bonds is 5. The molecule has 0 aliphatic rings. The first-order valence-electron chi connectivity index (χ1n) is 15.0. The molecule has 0 unspecified atom stereocenters. The minimum atomic E-state index is 0.699. The molecule has 0 aliphatic heterocycles. The Hall–Kier alpha value is -5.74. The molecular weight excluding hydrogens is 536 g/mol. The highest BCUT2D eigenvalue weighted by Gasteiger charge is 2.21. The summed E-state index contributed by atoms with van der Waals surface area (Å²) in [5.41, 5.74) is 9.54. The van der Waals surface area contributed by atoms with Gasteiger partial charge in [-0.3, -0.25) is 4.57 Å². The lowest BCUT2D eigenvalue weighted by Crippen LogP contribution is -2.01. The van der Waals surface area contributed by atoms with Crippen LogP contribution in [0.25, 0.3) is 72.1 Å². The van der Waals surface area contributed by atoms with Crippen molar-refractivity contribution in [1.82, 2.24) is 19.1 Å². The molecule has 0 amide bonds. The number of para-hydroxylation sites is 4. The maximum Gasteiger partial charge on any atom is 0.162 e. The smallest absolute Gasteiger partial charge is 0.162 e. The topological polar surface area (TPSA) is 35.6 Å². The van der Waals surface area contributed by atoms with Crippen LogP contribution in [0, 0.1) is 0 Å². The first-order chi connectivity index (χ1) is 21.8. The lowest BCUT2D eigenvalue weighted by molar-refractivity contribution is 1.10. The molecule has 3 heterocycles. The van der Waals surface area contributed by atoms with E-state index in [0.717, 1.165) is 50.1 Å². The van der Waals surface area contributed by atoms with Gasteiger partial charge in [0.15, 0.2) is 5.82 Å². The van der Waals surface area contributed by atoms with E-state index in [1.165, 1.54) is 21.8 Å². The van der Waals surface area contributed by atoms with Crippen molar-refractivity contribution >= 4 is 49.3 Å². The van der Waals surface area contributed by atoms with Crippen molar-refractivity contribution < 1.29 is 0 Å². The van der Waals surface area contributed by atoms with Crippen molar-refractivity contribution in [2.75, 3.05) is 0 Å². The van der Waals surface area contributed by atoms with Crippen molar-refractivity contribution in [1.29, 1.82) is 0 Å². The number of fused-ring (bicyclic) bond motifs is 6. The molecule has 3 aromatic heterocycles. The molecule has 4 nitrogen and oxygen atoms in total. The van der Waals surface area contributed by atoms with E-state index in [0.29, 0.717) is 5.82 Å². The summed E-state index contributed by atoms with van der Waals surface area (Å²) in [6.45, 7) is 4.11. The molecule has 0 spiro atoms. The zero-order valence-corrected chi connectivity index (χ0v) is 24.6. The Kier molecular flexibility index (Phi) is 6.20. The second kappa shape index (κ2) is 10.5. The summed E-state index contributed by atoms with van der Waals surface area (Å²) >= 11 is 0. The number of hydrogen-bond donors (Lipinski definition) is 0. The molecule has 44 heavy (non-hydrogen) atoms. The molecule has 0 saturated heterocycles. The summed E-state index contributed by atoms with van der Waals surface area (Å²) in [7, 11) is 0. The predicted molar refractivity (Wildman–Crippen MR) is 185 cm³/mol. The van der Waals surface area contributed by atoms with E-state index in [9.17, 15) is 0 Å². The van der Waals surface area contributed by atoms with Crippen molar-refractivity contribution in [2.45, 2.75) is 13.8 Å². The molecule has 4 heteroatoms. The van der Waals surface area contributed by atoms with Crippen LogP contribution in [0.1, 0.15) is 19.5 Å². The van der Waals surface area contributed by atoms with Gasteiger partial charge in [-0.1, -0.05) is 91.0 Å². The highest BCUT2D eigenvalue weighted by atomic mass is 15.1. The van der Waals surface area contributed by atoms with Gasteiger partial charge in [-0.05, 0) is 74.0 Å². The third kappa shape index (κ3) is 3.99. The summed E-state index contributed by atoms with van der Waals surface area (Å²) < 4.78 is 4.59. The van der Waals surface area contributed by atoms with Crippen molar-refractivity contribution in [3.63, 3.8) is 0 Å². The number of nitrogens with zero attached hydrogens (tertiary/aromatic N) is 4.